The van der Waals surface area contributed by atoms with Crippen LogP contribution < -0.4 is 10.1 Å². The Morgan fingerprint density at radius 1 is 1.18 bits per heavy atom. The van der Waals surface area contributed by atoms with Gasteiger partial charge < -0.3 is 19.4 Å². The van der Waals surface area contributed by atoms with Crippen LogP contribution in [0.25, 0.3) is 5.65 Å². The van der Waals surface area contributed by atoms with Crippen molar-refractivity contribution in [2.75, 3.05) is 26.2 Å². The van der Waals surface area contributed by atoms with E-state index < -0.39 is 0 Å². The van der Waals surface area contributed by atoms with Gasteiger partial charge in [-0.1, -0.05) is 32.0 Å². The average Bonchev–Trinajstić information content (AvgIpc) is 3.14. The lowest BCUT2D eigenvalue weighted by Crippen LogP contribution is -2.34. The number of imidazole rings is 1. The monoisotopic (exact) mass is 380 g/mol. The minimum Gasteiger partial charge on any atom is -0.486 e. The highest BCUT2D eigenvalue weighted by atomic mass is 16.5. The Labute approximate surface area is 166 Å². The zero-order valence-electron chi connectivity index (χ0n) is 16.8. The lowest BCUT2D eigenvalue weighted by molar-refractivity contribution is 0.0944. The highest BCUT2D eigenvalue weighted by Crippen LogP contribution is 2.20. The molecule has 0 aliphatic heterocycles. The summed E-state index contributed by atoms with van der Waals surface area (Å²) >= 11 is 0. The second-order valence-electron chi connectivity index (χ2n) is 6.72. The van der Waals surface area contributed by atoms with Crippen molar-refractivity contribution >= 4 is 11.6 Å². The van der Waals surface area contributed by atoms with Crippen molar-refractivity contribution in [2.24, 2.45) is 0 Å². The number of para-hydroxylation sites is 1. The summed E-state index contributed by atoms with van der Waals surface area (Å²) in [5.41, 5.74) is 3.40. The lowest BCUT2D eigenvalue weighted by atomic mass is 10.2. The van der Waals surface area contributed by atoms with E-state index in [-0.39, 0.29) is 5.91 Å². The molecule has 0 aliphatic rings. The molecule has 0 radical (unpaired) electrons. The van der Waals surface area contributed by atoms with E-state index in [1.807, 2.05) is 54.0 Å². The molecule has 0 bridgehead atoms. The highest BCUT2D eigenvalue weighted by Gasteiger charge is 2.13. The van der Waals surface area contributed by atoms with E-state index in [2.05, 4.69) is 29.0 Å². The number of amides is 1. The molecule has 2 heterocycles. The average molecular weight is 380 g/mol. The molecular weight excluding hydrogens is 352 g/mol. The number of hydrogen-bond donors (Lipinski definition) is 1. The third kappa shape index (κ3) is 4.70. The van der Waals surface area contributed by atoms with E-state index in [0.717, 1.165) is 36.5 Å². The number of nitrogens with one attached hydrogen (secondary N) is 1. The fourth-order valence-corrected chi connectivity index (χ4v) is 3.17. The van der Waals surface area contributed by atoms with E-state index >= 15 is 0 Å². The van der Waals surface area contributed by atoms with Gasteiger partial charge >= 0.3 is 0 Å². The highest BCUT2D eigenvalue weighted by molar-refractivity contribution is 5.96. The Morgan fingerprint density at radius 2 is 1.96 bits per heavy atom. The molecule has 6 nitrogen and oxygen atoms in total. The number of fused-ring (bicyclic) bond motifs is 1. The van der Waals surface area contributed by atoms with E-state index in [1.165, 1.54) is 0 Å². The van der Waals surface area contributed by atoms with Crippen molar-refractivity contribution in [3.63, 3.8) is 0 Å². The molecule has 6 heteroatoms. The van der Waals surface area contributed by atoms with Crippen molar-refractivity contribution in [2.45, 2.75) is 27.4 Å². The molecule has 0 fully saturated rings. The van der Waals surface area contributed by atoms with Gasteiger partial charge in [-0.3, -0.25) is 4.79 Å². The van der Waals surface area contributed by atoms with E-state index in [4.69, 9.17) is 4.74 Å². The third-order valence-corrected chi connectivity index (χ3v) is 4.84. The summed E-state index contributed by atoms with van der Waals surface area (Å²) in [5, 5.41) is 2.99. The number of likely N-dealkylation sites (N-methyl/N-ethyl adjacent to an activating group) is 1. The molecule has 0 saturated heterocycles. The number of aryl methyl sites for hydroxylation is 1. The van der Waals surface area contributed by atoms with Crippen molar-refractivity contribution in [3.05, 3.63) is 65.6 Å². The summed E-state index contributed by atoms with van der Waals surface area (Å²) in [6, 6.07) is 11.4. The van der Waals surface area contributed by atoms with Crippen molar-refractivity contribution in [3.8, 4) is 5.75 Å². The number of rotatable bonds is 9. The minimum absolute atomic E-state index is 0.117. The van der Waals surface area contributed by atoms with Crippen LogP contribution in [0.4, 0.5) is 0 Å². The maximum absolute atomic E-state index is 12.6. The van der Waals surface area contributed by atoms with Gasteiger partial charge in [0.2, 0.25) is 0 Å². The molecule has 0 aliphatic carbocycles. The van der Waals surface area contributed by atoms with E-state index in [1.54, 1.807) is 6.07 Å². The van der Waals surface area contributed by atoms with Crippen LogP contribution in [-0.4, -0.2) is 46.4 Å². The Kier molecular flexibility index (Phi) is 6.66. The minimum atomic E-state index is -0.117. The Balaban J connectivity index is 1.64. The normalized spacial score (nSPS) is 11.1. The lowest BCUT2D eigenvalue weighted by Gasteiger charge is -2.18. The molecule has 0 spiro atoms. The molecule has 28 heavy (non-hydrogen) atoms. The van der Waals surface area contributed by atoms with Crippen LogP contribution in [0, 0.1) is 6.92 Å². The van der Waals surface area contributed by atoms with Gasteiger partial charge in [-0.15, -0.1) is 0 Å². The standard InChI is InChI=1S/C22H28N4O2/c1-4-25(5-2)14-12-23-22(27)19-10-6-7-11-20(19)28-16-18-15-26-13-8-9-17(3)21(26)24-18/h6-11,13,15H,4-5,12,14,16H2,1-3H3,(H,23,27). The number of nitrogens with zero attached hydrogens (tertiary/aromatic N) is 3. The van der Waals surface area contributed by atoms with Crippen LogP contribution in [0.2, 0.25) is 0 Å². The Morgan fingerprint density at radius 3 is 2.71 bits per heavy atom. The van der Waals surface area contributed by atoms with Crippen LogP contribution >= 0.6 is 0 Å². The Hall–Kier alpha value is -2.86. The summed E-state index contributed by atoms with van der Waals surface area (Å²) < 4.78 is 7.92. The molecule has 1 aromatic carbocycles. The first-order valence-electron chi connectivity index (χ1n) is 9.78. The topological polar surface area (TPSA) is 58.9 Å². The predicted molar refractivity (Wildman–Crippen MR) is 111 cm³/mol. The van der Waals surface area contributed by atoms with E-state index in [9.17, 15) is 4.79 Å². The summed E-state index contributed by atoms with van der Waals surface area (Å²) in [6.07, 6.45) is 3.92. The summed E-state index contributed by atoms with van der Waals surface area (Å²) in [4.78, 5) is 19.5. The number of pyridine rings is 1. The molecule has 148 valence electrons. The van der Waals surface area contributed by atoms with Gasteiger partial charge in [0.1, 0.15) is 18.0 Å². The number of carbonyl (C=O) groups is 1. The van der Waals surface area contributed by atoms with Gasteiger partial charge in [0.05, 0.1) is 11.3 Å². The first-order chi connectivity index (χ1) is 13.6. The number of ether oxygens (including phenoxy) is 1. The molecule has 3 aromatic rings. The fraction of sp³-hybridized carbons (Fsp3) is 0.364. The van der Waals surface area contributed by atoms with Crippen molar-refractivity contribution < 1.29 is 9.53 Å². The number of hydrogen-bond acceptors (Lipinski definition) is 4. The first kappa shape index (κ1) is 19.9. The number of benzene rings is 1. The molecule has 0 unspecified atom stereocenters. The number of carbonyl (C=O) groups excluding carboxylic acids is 1. The zero-order chi connectivity index (χ0) is 19.9. The molecular formula is C22H28N4O2. The third-order valence-electron chi connectivity index (χ3n) is 4.84. The van der Waals surface area contributed by atoms with E-state index in [0.29, 0.717) is 24.5 Å². The predicted octanol–water partition coefficient (Wildman–Crippen LogP) is 3.29. The molecule has 0 atom stereocenters. The number of aromatic nitrogens is 2. The molecule has 0 saturated carbocycles. The maximum Gasteiger partial charge on any atom is 0.255 e. The van der Waals surface area contributed by atoms with Crippen LogP contribution in [0.15, 0.2) is 48.8 Å². The van der Waals surface area contributed by atoms with Crippen molar-refractivity contribution in [1.29, 1.82) is 0 Å². The van der Waals surface area contributed by atoms with Gasteiger partial charge in [0.15, 0.2) is 0 Å². The quantitative estimate of drug-likeness (QED) is 0.619. The first-order valence-corrected chi connectivity index (χ1v) is 9.78. The van der Waals surface area contributed by atoms with Gasteiger partial charge in [0, 0.05) is 25.5 Å². The summed E-state index contributed by atoms with van der Waals surface area (Å²) in [7, 11) is 0. The van der Waals surface area contributed by atoms with Crippen LogP contribution in [0.5, 0.6) is 5.75 Å². The largest absolute Gasteiger partial charge is 0.486 e. The SMILES string of the molecule is CCN(CC)CCNC(=O)c1ccccc1OCc1cn2cccc(C)c2n1. The van der Waals surface area contributed by atoms with Crippen molar-refractivity contribution in [1.82, 2.24) is 19.6 Å². The second kappa shape index (κ2) is 9.37. The van der Waals surface area contributed by atoms with Gasteiger partial charge in [-0.2, -0.15) is 0 Å². The second-order valence-corrected chi connectivity index (χ2v) is 6.72. The fourth-order valence-electron chi connectivity index (χ4n) is 3.17. The summed E-state index contributed by atoms with van der Waals surface area (Å²) in [5.74, 6) is 0.449. The smallest absolute Gasteiger partial charge is 0.255 e. The Bertz CT molecular complexity index is 931. The zero-order valence-corrected chi connectivity index (χ0v) is 16.8. The maximum atomic E-state index is 12.6. The molecule has 1 N–H and O–H groups in total. The van der Waals surface area contributed by atoms with Gasteiger partial charge in [-0.25, -0.2) is 4.98 Å². The van der Waals surface area contributed by atoms with Crippen LogP contribution in [0.1, 0.15) is 35.5 Å². The summed E-state index contributed by atoms with van der Waals surface area (Å²) in [6.45, 7) is 9.98. The molecule has 2 aromatic heterocycles. The van der Waals surface area contributed by atoms with Gasteiger partial charge in [-0.05, 0) is 43.8 Å². The molecule has 3 rings (SSSR count). The van der Waals surface area contributed by atoms with Crippen LogP contribution in [-0.2, 0) is 6.61 Å². The van der Waals surface area contributed by atoms with Gasteiger partial charge in [0.25, 0.3) is 5.91 Å². The van der Waals surface area contributed by atoms with Crippen LogP contribution in [0.3, 0.4) is 0 Å². The molecule has 1 amide bonds.